The van der Waals surface area contributed by atoms with Crippen molar-refractivity contribution in [3.63, 3.8) is 0 Å². The predicted octanol–water partition coefficient (Wildman–Crippen LogP) is 3.89. The third kappa shape index (κ3) is 6.52. The number of furan rings is 1. The normalized spacial score (nSPS) is 13.0. The van der Waals surface area contributed by atoms with Gasteiger partial charge in [-0.3, -0.25) is 0 Å². The molecule has 0 aliphatic rings. The molecule has 1 heterocycles. The van der Waals surface area contributed by atoms with Crippen molar-refractivity contribution in [1.82, 2.24) is 10.2 Å². The monoisotopic (exact) mass is 310 g/mol. The highest BCUT2D eigenvalue weighted by Crippen LogP contribution is 2.15. The van der Waals surface area contributed by atoms with E-state index in [-0.39, 0.29) is 12.1 Å². The van der Waals surface area contributed by atoms with Crippen molar-refractivity contribution in [2.45, 2.75) is 59.6 Å². The summed E-state index contributed by atoms with van der Waals surface area (Å²) >= 11 is 0. The predicted molar refractivity (Wildman–Crippen MR) is 88.0 cm³/mol. The van der Waals surface area contributed by atoms with Gasteiger partial charge >= 0.3 is 6.09 Å². The van der Waals surface area contributed by atoms with Gasteiger partial charge in [0.2, 0.25) is 0 Å². The fourth-order valence-electron chi connectivity index (χ4n) is 2.09. The number of carbonyl (C=O) groups excluding carboxylic acids is 1. The zero-order valence-corrected chi connectivity index (χ0v) is 14.7. The van der Waals surface area contributed by atoms with E-state index < -0.39 is 5.60 Å². The van der Waals surface area contributed by atoms with Crippen LogP contribution in [0.5, 0.6) is 0 Å². The molecule has 1 aromatic rings. The molecule has 0 aromatic carbocycles. The molecule has 126 valence electrons. The highest BCUT2D eigenvalue weighted by Gasteiger charge is 2.21. The van der Waals surface area contributed by atoms with Crippen LogP contribution in [0.3, 0.4) is 0 Å². The number of aryl methyl sites for hydroxylation is 1. The highest BCUT2D eigenvalue weighted by atomic mass is 16.6. The first kappa shape index (κ1) is 18.6. The quantitative estimate of drug-likeness (QED) is 0.830. The third-order valence-electron chi connectivity index (χ3n) is 3.17. The van der Waals surface area contributed by atoms with Crippen molar-refractivity contribution in [3.8, 4) is 0 Å². The lowest BCUT2D eigenvalue weighted by molar-refractivity contribution is 0.0250. The molecule has 1 atom stereocenters. The van der Waals surface area contributed by atoms with Gasteiger partial charge in [0.1, 0.15) is 17.1 Å². The molecule has 1 rings (SSSR count). The first-order valence-electron chi connectivity index (χ1n) is 8.00. The van der Waals surface area contributed by atoms with Crippen LogP contribution in [0.25, 0.3) is 0 Å². The van der Waals surface area contributed by atoms with Crippen molar-refractivity contribution in [2.75, 3.05) is 19.6 Å². The van der Waals surface area contributed by atoms with E-state index in [0.717, 1.165) is 17.9 Å². The maximum absolute atomic E-state index is 12.2. The molecule has 1 unspecified atom stereocenters. The lowest BCUT2D eigenvalue weighted by atomic mass is 10.2. The van der Waals surface area contributed by atoms with Crippen LogP contribution in [0.1, 0.15) is 58.6 Å². The largest absolute Gasteiger partial charge is 0.465 e. The van der Waals surface area contributed by atoms with E-state index in [1.54, 1.807) is 4.90 Å². The molecular weight excluding hydrogens is 280 g/mol. The Kier molecular flexibility index (Phi) is 6.94. The van der Waals surface area contributed by atoms with Gasteiger partial charge in [-0.05, 0) is 53.2 Å². The Labute approximate surface area is 134 Å². The molecular formula is C17H30N2O3. The van der Waals surface area contributed by atoms with E-state index in [4.69, 9.17) is 9.15 Å². The number of nitrogens with one attached hydrogen (secondary N) is 1. The Bertz CT molecular complexity index is 463. The zero-order chi connectivity index (χ0) is 16.8. The van der Waals surface area contributed by atoms with Crippen LogP contribution in [0.4, 0.5) is 4.79 Å². The van der Waals surface area contributed by atoms with Crippen LogP contribution >= 0.6 is 0 Å². The number of nitrogens with zero attached hydrogens (tertiary/aromatic N) is 1. The second-order valence-electron chi connectivity index (χ2n) is 6.59. The number of rotatable bonds is 7. The molecule has 0 fully saturated rings. The molecule has 0 aliphatic carbocycles. The van der Waals surface area contributed by atoms with Crippen LogP contribution < -0.4 is 5.32 Å². The smallest absolute Gasteiger partial charge is 0.410 e. The molecule has 0 bridgehead atoms. The van der Waals surface area contributed by atoms with Crippen LogP contribution in [-0.4, -0.2) is 36.2 Å². The minimum atomic E-state index is -0.463. The molecule has 5 heteroatoms. The average Bonchev–Trinajstić information content (AvgIpc) is 2.82. The van der Waals surface area contributed by atoms with Gasteiger partial charge in [0.25, 0.3) is 0 Å². The molecule has 1 N–H and O–H groups in total. The minimum absolute atomic E-state index is 0.121. The van der Waals surface area contributed by atoms with E-state index >= 15 is 0 Å². The standard InChI is InChI=1S/C17H30N2O3/c1-7-11-19(16(20)22-17(4,5)6)12-10-18-14(3)15-9-8-13(2)21-15/h8-9,14,18H,7,10-12H2,1-6H3. The summed E-state index contributed by atoms with van der Waals surface area (Å²) in [7, 11) is 0. The van der Waals surface area contributed by atoms with Crippen LogP contribution in [0.15, 0.2) is 16.5 Å². The van der Waals surface area contributed by atoms with Crippen molar-refractivity contribution in [2.24, 2.45) is 0 Å². The number of hydrogen-bond donors (Lipinski definition) is 1. The third-order valence-corrected chi connectivity index (χ3v) is 3.17. The van der Waals surface area contributed by atoms with Gasteiger partial charge in [0.15, 0.2) is 0 Å². The highest BCUT2D eigenvalue weighted by molar-refractivity contribution is 5.68. The summed E-state index contributed by atoms with van der Waals surface area (Å²) in [5.74, 6) is 1.82. The van der Waals surface area contributed by atoms with Gasteiger partial charge in [-0.2, -0.15) is 0 Å². The zero-order valence-electron chi connectivity index (χ0n) is 14.7. The Hall–Kier alpha value is -1.49. The van der Waals surface area contributed by atoms with Crippen LogP contribution in [0, 0.1) is 6.92 Å². The average molecular weight is 310 g/mol. The first-order chi connectivity index (χ1) is 10.2. The maximum Gasteiger partial charge on any atom is 0.410 e. The van der Waals surface area contributed by atoms with Gasteiger partial charge in [0, 0.05) is 19.6 Å². The molecule has 0 aliphatic heterocycles. The summed E-state index contributed by atoms with van der Waals surface area (Å²) in [5.41, 5.74) is -0.463. The summed E-state index contributed by atoms with van der Waals surface area (Å²) in [4.78, 5) is 13.9. The molecule has 5 nitrogen and oxygen atoms in total. The SMILES string of the molecule is CCCN(CCNC(C)c1ccc(C)o1)C(=O)OC(C)(C)C. The number of hydrogen-bond acceptors (Lipinski definition) is 4. The molecule has 0 spiro atoms. The lowest BCUT2D eigenvalue weighted by Gasteiger charge is -2.27. The van der Waals surface area contributed by atoms with Gasteiger partial charge in [-0.25, -0.2) is 4.79 Å². The topological polar surface area (TPSA) is 54.7 Å². The van der Waals surface area contributed by atoms with Crippen molar-refractivity contribution in [1.29, 1.82) is 0 Å². The number of carbonyl (C=O) groups is 1. The Morgan fingerprint density at radius 2 is 2.05 bits per heavy atom. The van der Waals surface area contributed by atoms with E-state index in [2.05, 4.69) is 19.2 Å². The van der Waals surface area contributed by atoms with Gasteiger partial charge in [-0.1, -0.05) is 6.92 Å². The Morgan fingerprint density at radius 3 is 2.55 bits per heavy atom. The summed E-state index contributed by atoms with van der Waals surface area (Å²) in [5, 5.41) is 3.38. The summed E-state index contributed by atoms with van der Waals surface area (Å²) in [6, 6.07) is 4.05. The molecule has 22 heavy (non-hydrogen) atoms. The molecule has 1 aromatic heterocycles. The second-order valence-corrected chi connectivity index (χ2v) is 6.59. The summed E-state index contributed by atoms with van der Waals surface area (Å²) in [6.45, 7) is 13.7. The van der Waals surface area contributed by atoms with E-state index in [1.165, 1.54) is 0 Å². The number of amides is 1. The van der Waals surface area contributed by atoms with Crippen LogP contribution in [-0.2, 0) is 4.74 Å². The van der Waals surface area contributed by atoms with Gasteiger partial charge in [0.05, 0.1) is 6.04 Å². The van der Waals surface area contributed by atoms with Crippen molar-refractivity contribution < 1.29 is 13.9 Å². The lowest BCUT2D eigenvalue weighted by Crippen LogP contribution is -2.41. The van der Waals surface area contributed by atoms with Gasteiger partial charge < -0.3 is 19.4 Å². The second kappa shape index (κ2) is 8.22. The fraction of sp³-hybridized carbons (Fsp3) is 0.706. The van der Waals surface area contributed by atoms with Gasteiger partial charge in [-0.15, -0.1) is 0 Å². The van der Waals surface area contributed by atoms with Crippen molar-refractivity contribution in [3.05, 3.63) is 23.7 Å². The Morgan fingerprint density at radius 1 is 1.36 bits per heavy atom. The summed E-state index contributed by atoms with van der Waals surface area (Å²) < 4.78 is 11.0. The Balaban J connectivity index is 2.45. The molecule has 0 saturated carbocycles. The van der Waals surface area contributed by atoms with E-state index in [9.17, 15) is 4.79 Å². The fourth-order valence-corrected chi connectivity index (χ4v) is 2.09. The molecule has 0 saturated heterocycles. The first-order valence-corrected chi connectivity index (χ1v) is 8.00. The number of ether oxygens (including phenoxy) is 1. The summed E-state index contributed by atoms with van der Waals surface area (Å²) in [6.07, 6.45) is 0.657. The molecule has 1 amide bonds. The van der Waals surface area contributed by atoms with Crippen molar-refractivity contribution >= 4 is 6.09 Å². The maximum atomic E-state index is 12.2. The van der Waals surface area contributed by atoms with E-state index in [1.807, 2.05) is 39.8 Å². The van der Waals surface area contributed by atoms with Crippen LogP contribution in [0.2, 0.25) is 0 Å². The van der Waals surface area contributed by atoms with E-state index in [0.29, 0.717) is 19.6 Å². The molecule has 0 radical (unpaired) electrons. The minimum Gasteiger partial charge on any atom is -0.465 e.